The first kappa shape index (κ1) is 37.5. The lowest BCUT2D eigenvalue weighted by atomic mass is 10.3. The van der Waals surface area contributed by atoms with Crippen LogP contribution in [-0.4, -0.2) is 58.5 Å². The van der Waals surface area contributed by atoms with E-state index in [1.165, 1.54) is 10.3 Å². The molecular weight excluding hydrogens is 440 g/mol. The van der Waals surface area contributed by atoms with Gasteiger partial charge in [0.1, 0.15) is 0 Å². The number of thiocarbonyl (C=S) groups is 2. The zero-order valence-corrected chi connectivity index (χ0v) is 23.8. The highest BCUT2D eigenvalue weighted by atomic mass is 32.1. The molecule has 0 aliphatic heterocycles. The molecule has 0 spiro atoms. The topological polar surface area (TPSA) is 121 Å². The summed E-state index contributed by atoms with van der Waals surface area (Å²) in [5.74, 6) is 2.06. The third kappa shape index (κ3) is 42.3. The first-order valence-electron chi connectivity index (χ1n) is 11.0. The Balaban J connectivity index is -0.000000196. The summed E-state index contributed by atoms with van der Waals surface area (Å²) >= 11 is 7.40. The van der Waals surface area contributed by atoms with Crippen LogP contribution in [0.3, 0.4) is 0 Å². The second kappa shape index (κ2) is 25.4. The van der Waals surface area contributed by atoms with Crippen molar-refractivity contribution >= 4 is 46.7 Å². The first-order valence-corrected chi connectivity index (χ1v) is 11.8. The van der Waals surface area contributed by atoms with E-state index in [0.717, 1.165) is 11.9 Å². The zero-order valence-electron chi connectivity index (χ0n) is 22.2. The number of isothiocyanates is 2. The number of nitrogens with zero attached hydrogens (tertiary/aromatic N) is 2. The van der Waals surface area contributed by atoms with E-state index in [-0.39, 0.29) is 0 Å². The summed E-state index contributed by atoms with van der Waals surface area (Å²) < 4.78 is 0. The maximum Gasteiger partial charge on any atom is 0.344 e. The third-order valence-electron chi connectivity index (χ3n) is 2.60. The molecule has 0 radical (unpaired) electrons. The van der Waals surface area contributed by atoms with Gasteiger partial charge in [0.15, 0.2) is 0 Å². The van der Waals surface area contributed by atoms with Crippen molar-refractivity contribution in [3.8, 4) is 0 Å². The van der Waals surface area contributed by atoms with Crippen LogP contribution in [0.15, 0.2) is 0 Å². The summed E-state index contributed by atoms with van der Waals surface area (Å²) in [5.41, 5.74) is 0. The normalized spacial score (nSPS) is 9.31. The molecule has 0 bridgehead atoms. The van der Waals surface area contributed by atoms with Crippen LogP contribution in [0.4, 0.5) is 0 Å². The Labute approximate surface area is 207 Å². The van der Waals surface area contributed by atoms with Gasteiger partial charge >= 0.3 is 11.9 Å². The zero-order chi connectivity index (χ0) is 26.3. The predicted molar refractivity (Wildman–Crippen MR) is 147 cm³/mol. The number of rotatable bonds is 6. The minimum absolute atomic E-state index is 0.451. The molecule has 0 fully saturated rings. The molecule has 188 valence electrons. The molecule has 0 aliphatic rings. The SMILES string of the molecule is CC(C)NC(NC(C)C)=[NH+]C(C)C.CC(C)NC(NC(C)C)=[NH+]C(C)C.[N-]=C=S.[N-]=C=S. The predicted octanol–water partition coefficient (Wildman–Crippen LogP) is 0.972. The van der Waals surface area contributed by atoms with Crippen molar-refractivity contribution in [1.29, 1.82) is 0 Å². The van der Waals surface area contributed by atoms with E-state index in [9.17, 15) is 0 Å². The molecule has 8 nitrogen and oxygen atoms in total. The lowest BCUT2D eigenvalue weighted by Gasteiger charge is -2.11. The molecule has 0 unspecified atom stereocenters. The molecule has 0 amide bonds. The Kier molecular flexibility index (Phi) is 29.7. The van der Waals surface area contributed by atoms with Crippen LogP contribution >= 0.6 is 24.4 Å². The number of hydrogen-bond acceptors (Lipinski definition) is 2. The Morgan fingerprint density at radius 1 is 0.531 bits per heavy atom. The second-order valence-electron chi connectivity index (χ2n) is 8.73. The molecule has 0 rings (SSSR count). The van der Waals surface area contributed by atoms with E-state index >= 15 is 0 Å². The number of guanidine groups is 2. The highest BCUT2D eigenvalue weighted by molar-refractivity contribution is 7.78. The molecule has 10 heteroatoms. The van der Waals surface area contributed by atoms with Crippen LogP contribution in [-0.2, 0) is 0 Å². The molecule has 0 saturated carbocycles. The lowest BCUT2D eigenvalue weighted by Crippen LogP contribution is -2.84. The van der Waals surface area contributed by atoms with Gasteiger partial charge in [-0.1, -0.05) is 24.4 Å². The van der Waals surface area contributed by atoms with Crippen molar-refractivity contribution in [1.82, 2.24) is 21.3 Å². The summed E-state index contributed by atoms with van der Waals surface area (Å²) in [4.78, 5) is 6.67. The van der Waals surface area contributed by atoms with Crippen molar-refractivity contribution in [2.24, 2.45) is 0 Å². The molecule has 0 aromatic carbocycles. The summed E-state index contributed by atoms with van der Waals surface area (Å²) in [6, 6.07) is 2.71. The lowest BCUT2D eigenvalue weighted by molar-refractivity contribution is -0.498. The molecule has 0 aromatic rings. The summed E-state index contributed by atoms with van der Waals surface area (Å²) in [5, 5.41) is 30.3. The highest BCUT2D eigenvalue weighted by Gasteiger charge is 2.11. The largest absolute Gasteiger partial charge is 0.753 e. The summed E-state index contributed by atoms with van der Waals surface area (Å²) in [7, 11) is 0. The van der Waals surface area contributed by atoms with Gasteiger partial charge in [-0.25, -0.2) is 0 Å². The van der Waals surface area contributed by atoms with Gasteiger partial charge in [-0.2, -0.15) is 10.3 Å². The number of nitrogens with one attached hydrogen (secondary N) is 6. The van der Waals surface area contributed by atoms with Crippen LogP contribution in [0.1, 0.15) is 83.1 Å². The maximum absolute atomic E-state index is 7.13. The molecule has 0 heterocycles. The molecule has 0 saturated heterocycles. The van der Waals surface area contributed by atoms with Gasteiger partial charge in [0.2, 0.25) is 0 Å². The van der Waals surface area contributed by atoms with Gasteiger partial charge in [-0.05, 0) is 83.1 Å². The Bertz CT molecular complexity index is 482. The van der Waals surface area contributed by atoms with Gasteiger partial charge < -0.3 is 10.8 Å². The van der Waals surface area contributed by atoms with Crippen LogP contribution in [0.25, 0.3) is 10.8 Å². The van der Waals surface area contributed by atoms with E-state index in [1.54, 1.807) is 0 Å². The average Bonchev–Trinajstić information content (AvgIpc) is 2.52. The molecule has 0 atom stereocenters. The number of hydrogen-bond donors (Lipinski definition) is 6. The minimum atomic E-state index is 0.451. The van der Waals surface area contributed by atoms with Gasteiger partial charge in [0.05, 0.1) is 36.3 Å². The van der Waals surface area contributed by atoms with E-state index in [0.29, 0.717) is 36.3 Å². The fourth-order valence-electron chi connectivity index (χ4n) is 1.98. The molecule has 6 N–H and O–H groups in total. The minimum Gasteiger partial charge on any atom is -0.753 e. The maximum atomic E-state index is 7.13. The van der Waals surface area contributed by atoms with Crippen LogP contribution in [0.5, 0.6) is 0 Å². The van der Waals surface area contributed by atoms with Crippen molar-refractivity contribution < 1.29 is 9.98 Å². The third-order valence-corrected chi connectivity index (χ3v) is 2.60. The first-order chi connectivity index (χ1) is 14.7. The van der Waals surface area contributed by atoms with Crippen LogP contribution in [0, 0.1) is 0 Å². The van der Waals surface area contributed by atoms with E-state index in [2.05, 4.69) is 139 Å². The van der Waals surface area contributed by atoms with Crippen molar-refractivity contribution in [2.45, 2.75) is 119 Å². The Morgan fingerprint density at radius 3 is 0.781 bits per heavy atom. The highest BCUT2D eigenvalue weighted by Crippen LogP contribution is 1.78. The standard InChI is InChI=1S/2C10H23N3.2CNS/c2*1-7(2)11-10(12-8(3)4)13-9(5)6;2*2-1-3/h2*7-9H,1-6H3,(H2,11,12,13);;/q;;2*-1/p+2. The van der Waals surface area contributed by atoms with Gasteiger partial charge in [-0.15, -0.1) is 0 Å². The van der Waals surface area contributed by atoms with Gasteiger partial charge in [0.25, 0.3) is 0 Å². The van der Waals surface area contributed by atoms with E-state index in [4.69, 9.17) is 10.8 Å². The summed E-state index contributed by atoms with van der Waals surface area (Å²) in [6.45, 7) is 25.5. The molecule has 32 heavy (non-hydrogen) atoms. The Morgan fingerprint density at radius 2 is 0.688 bits per heavy atom. The quantitative estimate of drug-likeness (QED) is 0.188. The average molecular weight is 489 g/mol. The monoisotopic (exact) mass is 488 g/mol. The second-order valence-corrected chi connectivity index (χ2v) is 9.09. The van der Waals surface area contributed by atoms with E-state index < -0.39 is 0 Å². The summed E-state index contributed by atoms with van der Waals surface area (Å²) in [6.07, 6.45) is 0. The molecular formula is C22H48N8S2. The van der Waals surface area contributed by atoms with Crippen LogP contribution < -0.4 is 31.3 Å². The van der Waals surface area contributed by atoms with Crippen LogP contribution in [0.2, 0.25) is 0 Å². The molecule has 0 aliphatic carbocycles. The van der Waals surface area contributed by atoms with E-state index in [1.807, 2.05) is 0 Å². The van der Waals surface area contributed by atoms with Gasteiger partial charge in [0, 0.05) is 0 Å². The fraction of sp³-hybridized carbons (Fsp3) is 0.818. The Hall–Kier alpha value is -1.86. The van der Waals surface area contributed by atoms with Gasteiger partial charge in [-0.3, -0.25) is 31.3 Å². The van der Waals surface area contributed by atoms with Crippen molar-refractivity contribution in [3.05, 3.63) is 10.8 Å². The fourth-order valence-corrected chi connectivity index (χ4v) is 1.98. The van der Waals surface area contributed by atoms with Crippen molar-refractivity contribution in [3.63, 3.8) is 0 Å². The van der Waals surface area contributed by atoms with Crippen molar-refractivity contribution in [2.75, 3.05) is 0 Å². The smallest absolute Gasteiger partial charge is 0.344 e. The molecule has 0 aromatic heterocycles.